The molecule has 22 heavy (non-hydrogen) atoms. The number of hydrogen-bond donors (Lipinski definition) is 1. The molecular weight excluding hydrogens is 285 g/mol. The lowest BCUT2D eigenvalue weighted by molar-refractivity contribution is -0.119. The molecule has 0 aromatic heterocycles. The lowest BCUT2D eigenvalue weighted by Gasteiger charge is -2.11. The molecule has 0 aliphatic heterocycles. The quantitative estimate of drug-likeness (QED) is 0.882. The highest BCUT2D eigenvalue weighted by Gasteiger charge is 2.12. The summed E-state index contributed by atoms with van der Waals surface area (Å²) < 4.78 is 17.9. The van der Waals surface area contributed by atoms with Crippen molar-refractivity contribution in [1.29, 1.82) is 0 Å². The van der Waals surface area contributed by atoms with E-state index >= 15 is 0 Å². The molecule has 1 amide bonds. The van der Waals surface area contributed by atoms with Crippen LogP contribution in [0.2, 0.25) is 0 Å². The summed E-state index contributed by atoms with van der Waals surface area (Å²) in [5, 5.41) is 2.71. The molecule has 0 aliphatic rings. The van der Waals surface area contributed by atoms with Crippen LogP contribution in [-0.4, -0.2) is 18.5 Å². The Morgan fingerprint density at radius 2 is 1.73 bits per heavy atom. The molecule has 0 saturated carbocycles. The predicted molar refractivity (Wildman–Crippen MR) is 81.2 cm³/mol. The van der Waals surface area contributed by atoms with Gasteiger partial charge in [-0.3, -0.25) is 4.79 Å². The number of ether oxygens (including phenoxy) is 1. The van der Waals surface area contributed by atoms with Gasteiger partial charge in [0.25, 0.3) is 5.91 Å². The average Bonchev–Trinajstić information content (AvgIpc) is 2.48. The highest BCUT2D eigenvalue weighted by atomic mass is 19.1. The molecule has 0 aliphatic carbocycles. The van der Waals surface area contributed by atoms with Gasteiger partial charge in [-0.1, -0.05) is 24.3 Å². The highest BCUT2D eigenvalue weighted by molar-refractivity contribution is 5.96. The van der Waals surface area contributed by atoms with Crippen LogP contribution in [-0.2, 0) is 9.53 Å². The smallest absolute Gasteiger partial charge is 0.338 e. The predicted octanol–water partition coefficient (Wildman–Crippen LogP) is 3.24. The Morgan fingerprint density at radius 1 is 1.09 bits per heavy atom. The average molecular weight is 301 g/mol. The number of carbonyl (C=O) groups excluding carboxylic acids is 2. The number of carbonyl (C=O) groups is 2. The first kappa shape index (κ1) is 15.7. The molecule has 4 nitrogen and oxygen atoms in total. The van der Waals surface area contributed by atoms with Gasteiger partial charge in [0.15, 0.2) is 6.61 Å². The minimum Gasteiger partial charge on any atom is -0.452 e. The van der Waals surface area contributed by atoms with E-state index in [0.717, 1.165) is 17.2 Å². The molecule has 0 fully saturated rings. The first-order chi connectivity index (χ1) is 10.5. The second kappa shape index (κ2) is 6.85. The van der Waals surface area contributed by atoms with Gasteiger partial charge in [0.1, 0.15) is 5.82 Å². The number of halogens is 1. The van der Waals surface area contributed by atoms with Gasteiger partial charge < -0.3 is 10.1 Å². The molecule has 0 spiro atoms. The number of hydrogen-bond acceptors (Lipinski definition) is 3. The van der Waals surface area contributed by atoms with Crippen molar-refractivity contribution in [2.24, 2.45) is 0 Å². The third-order valence-electron chi connectivity index (χ3n) is 3.14. The number of esters is 1. The summed E-state index contributed by atoms with van der Waals surface area (Å²) in [6.07, 6.45) is 0. The number of nitrogens with one attached hydrogen (secondary N) is 1. The zero-order valence-electron chi connectivity index (χ0n) is 12.4. The molecule has 1 N–H and O–H groups in total. The maximum Gasteiger partial charge on any atom is 0.338 e. The van der Waals surface area contributed by atoms with Gasteiger partial charge in [0.2, 0.25) is 0 Å². The molecule has 2 aromatic rings. The zero-order valence-corrected chi connectivity index (χ0v) is 12.4. The Kier molecular flexibility index (Phi) is 4.88. The van der Waals surface area contributed by atoms with Crippen molar-refractivity contribution in [2.45, 2.75) is 13.8 Å². The first-order valence-corrected chi connectivity index (χ1v) is 6.76. The maximum absolute atomic E-state index is 13.0. The van der Waals surface area contributed by atoms with Crippen LogP contribution in [0.1, 0.15) is 21.5 Å². The summed E-state index contributed by atoms with van der Waals surface area (Å²) in [7, 11) is 0. The van der Waals surface area contributed by atoms with E-state index in [1.54, 1.807) is 0 Å². The van der Waals surface area contributed by atoms with Gasteiger partial charge in [-0.05, 0) is 43.2 Å². The number of rotatable bonds is 4. The van der Waals surface area contributed by atoms with E-state index in [2.05, 4.69) is 5.32 Å². The van der Waals surface area contributed by atoms with Gasteiger partial charge in [-0.25, -0.2) is 9.18 Å². The third-order valence-corrected chi connectivity index (χ3v) is 3.14. The minimum atomic E-state index is -0.740. The standard InChI is InChI=1S/C17H16FNO3/c1-11-5-3-6-12(2)16(11)19-15(20)10-22-17(21)13-7-4-8-14(18)9-13/h3-9H,10H2,1-2H3,(H,19,20). The van der Waals surface area contributed by atoms with Crippen LogP contribution in [0.25, 0.3) is 0 Å². The Balaban J connectivity index is 1.94. The SMILES string of the molecule is Cc1cccc(C)c1NC(=O)COC(=O)c1cccc(F)c1. The van der Waals surface area contributed by atoms with E-state index < -0.39 is 24.3 Å². The molecule has 2 rings (SSSR count). The van der Waals surface area contributed by atoms with E-state index in [-0.39, 0.29) is 5.56 Å². The monoisotopic (exact) mass is 301 g/mol. The molecule has 0 saturated heterocycles. The fourth-order valence-corrected chi connectivity index (χ4v) is 2.02. The molecule has 0 atom stereocenters. The van der Waals surface area contributed by atoms with Crippen molar-refractivity contribution in [1.82, 2.24) is 0 Å². The van der Waals surface area contributed by atoms with Crippen molar-refractivity contribution in [3.05, 3.63) is 65.0 Å². The largest absolute Gasteiger partial charge is 0.452 e. The Bertz CT molecular complexity index is 693. The van der Waals surface area contributed by atoms with Crippen molar-refractivity contribution >= 4 is 17.6 Å². The summed E-state index contributed by atoms with van der Waals surface area (Å²) >= 11 is 0. The van der Waals surface area contributed by atoms with E-state index in [1.807, 2.05) is 32.0 Å². The second-order valence-electron chi connectivity index (χ2n) is 4.90. The summed E-state index contributed by atoms with van der Waals surface area (Å²) in [4.78, 5) is 23.6. The molecular formula is C17H16FNO3. The number of benzene rings is 2. The van der Waals surface area contributed by atoms with E-state index in [1.165, 1.54) is 18.2 Å². The Labute approximate surface area is 127 Å². The number of amides is 1. The van der Waals surface area contributed by atoms with E-state index in [4.69, 9.17) is 4.74 Å². The maximum atomic E-state index is 13.0. The lowest BCUT2D eigenvalue weighted by Crippen LogP contribution is -2.21. The van der Waals surface area contributed by atoms with Gasteiger partial charge in [0.05, 0.1) is 5.56 Å². The van der Waals surface area contributed by atoms with Crippen LogP contribution in [0.15, 0.2) is 42.5 Å². The van der Waals surface area contributed by atoms with Gasteiger partial charge in [-0.15, -0.1) is 0 Å². The molecule has 0 radical (unpaired) electrons. The molecule has 2 aromatic carbocycles. The van der Waals surface area contributed by atoms with Crippen molar-refractivity contribution in [2.75, 3.05) is 11.9 Å². The Morgan fingerprint density at radius 3 is 2.36 bits per heavy atom. The fraction of sp³-hybridized carbons (Fsp3) is 0.176. The number of anilines is 1. The minimum absolute atomic E-state index is 0.0693. The second-order valence-corrected chi connectivity index (χ2v) is 4.90. The van der Waals surface area contributed by atoms with Crippen LogP contribution in [0.4, 0.5) is 10.1 Å². The van der Waals surface area contributed by atoms with E-state index in [0.29, 0.717) is 5.69 Å². The Hall–Kier alpha value is -2.69. The molecule has 0 heterocycles. The molecule has 0 unspecified atom stereocenters. The van der Waals surface area contributed by atoms with Crippen molar-refractivity contribution < 1.29 is 18.7 Å². The van der Waals surface area contributed by atoms with Crippen molar-refractivity contribution in [3.63, 3.8) is 0 Å². The first-order valence-electron chi connectivity index (χ1n) is 6.76. The molecule has 0 bridgehead atoms. The van der Waals surface area contributed by atoms with Gasteiger partial charge in [0, 0.05) is 5.69 Å². The zero-order chi connectivity index (χ0) is 16.1. The normalized spacial score (nSPS) is 10.1. The third kappa shape index (κ3) is 3.91. The lowest BCUT2D eigenvalue weighted by atomic mass is 10.1. The van der Waals surface area contributed by atoms with Crippen LogP contribution in [0.3, 0.4) is 0 Å². The van der Waals surface area contributed by atoms with Crippen molar-refractivity contribution in [3.8, 4) is 0 Å². The molecule has 114 valence electrons. The number of aryl methyl sites for hydroxylation is 2. The van der Waals surface area contributed by atoms with Crippen LogP contribution < -0.4 is 5.32 Å². The van der Waals surface area contributed by atoms with Crippen LogP contribution in [0.5, 0.6) is 0 Å². The van der Waals surface area contributed by atoms with E-state index in [9.17, 15) is 14.0 Å². The highest BCUT2D eigenvalue weighted by Crippen LogP contribution is 2.19. The van der Waals surface area contributed by atoms with Crippen LogP contribution in [0, 0.1) is 19.7 Å². The van der Waals surface area contributed by atoms with Gasteiger partial charge in [-0.2, -0.15) is 0 Å². The summed E-state index contributed by atoms with van der Waals surface area (Å²) in [6, 6.07) is 10.8. The summed E-state index contributed by atoms with van der Waals surface area (Å²) in [6.45, 7) is 3.33. The summed E-state index contributed by atoms with van der Waals surface area (Å²) in [5.41, 5.74) is 2.61. The summed E-state index contributed by atoms with van der Waals surface area (Å²) in [5.74, 6) is -1.72. The molecule has 5 heteroatoms. The van der Waals surface area contributed by atoms with Gasteiger partial charge >= 0.3 is 5.97 Å². The topological polar surface area (TPSA) is 55.4 Å². The van der Waals surface area contributed by atoms with Crippen LogP contribution >= 0.6 is 0 Å². The number of para-hydroxylation sites is 1. The fourth-order valence-electron chi connectivity index (χ4n) is 2.02.